The molecule has 0 bridgehead atoms. The van der Waals surface area contributed by atoms with Crippen LogP contribution in [0.2, 0.25) is 0 Å². The van der Waals surface area contributed by atoms with E-state index in [1.165, 1.54) is 22.6 Å². The van der Waals surface area contributed by atoms with E-state index in [0.29, 0.717) is 11.5 Å². The van der Waals surface area contributed by atoms with Crippen molar-refractivity contribution >= 4 is 39.1 Å². The van der Waals surface area contributed by atoms with E-state index >= 15 is 0 Å². The number of aromatic nitrogens is 4. The van der Waals surface area contributed by atoms with Gasteiger partial charge in [0, 0.05) is 10.6 Å². The van der Waals surface area contributed by atoms with Gasteiger partial charge in [-0.2, -0.15) is 0 Å². The van der Waals surface area contributed by atoms with Crippen LogP contribution in [0.1, 0.15) is 34.4 Å². The molecule has 1 aliphatic carbocycles. The second-order valence-electron chi connectivity index (χ2n) is 8.40. The second-order valence-corrected chi connectivity index (χ2v) is 10.4. The minimum atomic E-state index is -0.246. The molecule has 0 radical (unpaired) electrons. The van der Waals surface area contributed by atoms with Gasteiger partial charge in [-0.1, -0.05) is 41.6 Å². The summed E-state index contributed by atoms with van der Waals surface area (Å²) in [6.07, 6.45) is 4.21. The topological polar surface area (TPSA) is 52.2 Å². The lowest BCUT2D eigenvalue weighted by atomic mass is 9.97. The number of hydrogen-bond donors (Lipinski definition) is 0. The van der Waals surface area contributed by atoms with Gasteiger partial charge in [0.25, 0.3) is 5.56 Å². The zero-order valence-electron chi connectivity index (χ0n) is 18.0. The monoisotopic (exact) mass is 476 g/mol. The number of aryl methyl sites for hydroxylation is 3. The standard InChI is InChI=1S/C25H21FN4OS2/c1-15-6-12-18(13-7-15)29-22(31)21-19-4-2-3-5-20(19)33-23(21)30-24(29)27-28-25(30)32-14-16-8-10-17(26)11-9-16/h6-13H,2-5,14H2,1H3. The van der Waals surface area contributed by atoms with Crippen LogP contribution in [0.3, 0.4) is 0 Å². The minimum absolute atomic E-state index is 0.0248. The highest BCUT2D eigenvalue weighted by Crippen LogP contribution is 2.37. The van der Waals surface area contributed by atoms with Gasteiger partial charge in [0.05, 0.1) is 11.1 Å². The molecule has 2 aromatic carbocycles. The number of thiophene rings is 1. The van der Waals surface area contributed by atoms with Gasteiger partial charge < -0.3 is 0 Å². The van der Waals surface area contributed by atoms with Crippen molar-refractivity contribution in [3.8, 4) is 5.69 Å². The Bertz CT molecular complexity index is 1550. The Kier molecular flexibility index (Phi) is 5.07. The molecule has 0 saturated carbocycles. The fourth-order valence-corrected chi connectivity index (χ4v) is 6.79. The van der Waals surface area contributed by atoms with Gasteiger partial charge in [0.1, 0.15) is 10.6 Å². The van der Waals surface area contributed by atoms with E-state index in [2.05, 4.69) is 10.2 Å². The Morgan fingerprint density at radius 1 is 1.03 bits per heavy atom. The van der Waals surface area contributed by atoms with Gasteiger partial charge in [-0.3, -0.25) is 4.79 Å². The Morgan fingerprint density at radius 2 is 1.79 bits per heavy atom. The number of fused-ring (bicyclic) bond motifs is 5. The highest BCUT2D eigenvalue weighted by molar-refractivity contribution is 7.98. The fraction of sp³-hybridized carbons (Fsp3) is 0.240. The van der Waals surface area contributed by atoms with Crippen LogP contribution in [0, 0.1) is 12.7 Å². The molecule has 5 nitrogen and oxygen atoms in total. The SMILES string of the molecule is Cc1ccc(-n2c(=O)c3c4c(sc3n3c(SCc5ccc(F)cc5)nnc23)CCCC4)cc1. The molecule has 0 fully saturated rings. The maximum Gasteiger partial charge on any atom is 0.268 e. The normalized spacial score (nSPS) is 13.6. The number of nitrogens with zero attached hydrogens (tertiary/aromatic N) is 4. The first-order valence-electron chi connectivity index (χ1n) is 11.0. The largest absolute Gasteiger partial charge is 0.268 e. The van der Waals surface area contributed by atoms with Crippen LogP contribution in [-0.4, -0.2) is 19.2 Å². The molecule has 0 N–H and O–H groups in total. The van der Waals surface area contributed by atoms with E-state index in [-0.39, 0.29) is 11.4 Å². The van der Waals surface area contributed by atoms with Gasteiger partial charge in [-0.15, -0.1) is 21.5 Å². The second kappa shape index (κ2) is 8.11. The maximum atomic E-state index is 13.8. The highest BCUT2D eigenvalue weighted by Gasteiger charge is 2.25. The Labute approximate surface area is 197 Å². The third-order valence-corrected chi connectivity index (χ3v) is 8.44. The molecule has 1 aliphatic rings. The molecule has 0 atom stereocenters. The Balaban J connectivity index is 1.58. The molecular weight excluding hydrogens is 455 g/mol. The Hall–Kier alpha value is -2.97. The fourth-order valence-electron chi connectivity index (χ4n) is 4.47. The van der Waals surface area contributed by atoms with Crippen molar-refractivity contribution in [2.45, 2.75) is 43.5 Å². The van der Waals surface area contributed by atoms with Gasteiger partial charge in [-0.25, -0.2) is 13.4 Å². The summed E-state index contributed by atoms with van der Waals surface area (Å²) >= 11 is 3.25. The summed E-state index contributed by atoms with van der Waals surface area (Å²) in [5, 5.41) is 10.5. The predicted octanol–water partition coefficient (Wildman–Crippen LogP) is 5.71. The first kappa shape index (κ1) is 20.6. The van der Waals surface area contributed by atoms with Gasteiger partial charge >= 0.3 is 0 Å². The molecule has 8 heteroatoms. The summed E-state index contributed by atoms with van der Waals surface area (Å²) in [6, 6.07) is 14.4. The zero-order valence-corrected chi connectivity index (χ0v) is 19.7. The van der Waals surface area contributed by atoms with Crippen LogP contribution in [0.5, 0.6) is 0 Å². The van der Waals surface area contributed by atoms with Crippen molar-refractivity contribution in [2.75, 3.05) is 0 Å². The molecule has 166 valence electrons. The van der Waals surface area contributed by atoms with E-state index in [0.717, 1.165) is 57.9 Å². The molecule has 0 saturated heterocycles. The quantitative estimate of drug-likeness (QED) is 0.312. The summed E-state index contributed by atoms with van der Waals surface area (Å²) in [6.45, 7) is 2.03. The van der Waals surface area contributed by atoms with Crippen LogP contribution in [0.4, 0.5) is 4.39 Å². The Morgan fingerprint density at radius 3 is 2.58 bits per heavy atom. The van der Waals surface area contributed by atoms with E-state index in [1.807, 2.05) is 35.6 Å². The number of halogens is 1. The number of benzene rings is 2. The molecule has 0 spiro atoms. The van der Waals surface area contributed by atoms with Crippen molar-refractivity contribution < 1.29 is 4.39 Å². The predicted molar refractivity (Wildman–Crippen MR) is 131 cm³/mol. The van der Waals surface area contributed by atoms with E-state index < -0.39 is 0 Å². The molecule has 3 heterocycles. The summed E-state index contributed by atoms with van der Waals surface area (Å²) in [7, 11) is 0. The lowest BCUT2D eigenvalue weighted by Gasteiger charge is -2.12. The first-order valence-corrected chi connectivity index (χ1v) is 12.8. The number of rotatable bonds is 4. The van der Waals surface area contributed by atoms with Crippen molar-refractivity contribution in [1.29, 1.82) is 0 Å². The average Bonchev–Trinajstić information content (AvgIpc) is 3.41. The van der Waals surface area contributed by atoms with Crippen LogP contribution in [0.15, 0.2) is 58.5 Å². The first-order chi connectivity index (χ1) is 16.1. The van der Waals surface area contributed by atoms with Crippen LogP contribution >= 0.6 is 23.1 Å². The van der Waals surface area contributed by atoms with Gasteiger partial charge in [-0.05, 0) is 68.0 Å². The summed E-state index contributed by atoms with van der Waals surface area (Å²) < 4.78 is 17.0. The third-order valence-electron chi connectivity index (χ3n) is 6.16. The number of hydrogen-bond acceptors (Lipinski definition) is 5. The molecule has 3 aromatic heterocycles. The van der Waals surface area contributed by atoms with Gasteiger partial charge in [0.15, 0.2) is 5.16 Å². The molecule has 0 aliphatic heterocycles. The molecule has 33 heavy (non-hydrogen) atoms. The lowest BCUT2D eigenvalue weighted by Crippen LogP contribution is -2.22. The van der Waals surface area contributed by atoms with Crippen molar-refractivity contribution in [3.05, 3.63) is 86.3 Å². The average molecular weight is 477 g/mol. The van der Waals surface area contributed by atoms with E-state index in [9.17, 15) is 9.18 Å². The van der Waals surface area contributed by atoms with Crippen LogP contribution < -0.4 is 5.56 Å². The molecular formula is C25H21FN4OS2. The van der Waals surface area contributed by atoms with Crippen LogP contribution in [-0.2, 0) is 18.6 Å². The third kappa shape index (κ3) is 3.48. The molecule has 5 aromatic rings. The summed E-state index contributed by atoms with van der Waals surface area (Å²) in [5.74, 6) is 0.915. The highest BCUT2D eigenvalue weighted by atomic mass is 32.2. The van der Waals surface area contributed by atoms with Crippen molar-refractivity contribution in [2.24, 2.45) is 0 Å². The lowest BCUT2D eigenvalue weighted by molar-refractivity contribution is 0.627. The summed E-state index contributed by atoms with van der Waals surface area (Å²) in [5.41, 5.74) is 4.09. The number of thioether (sulfide) groups is 1. The minimum Gasteiger partial charge on any atom is -0.268 e. The van der Waals surface area contributed by atoms with E-state index in [4.69, 9.17) is 0 Å². The van der Waals surface area contributed by atoms with Crippen LogP contribution in [0.25, 0.3) is 21.7 Å². The van der Waals surface area contributed by atoms with Gasteiger partial charge in [0.2, 0.25) is 5.78 Å². The van der Waals surface area contributed by atoms with Crippen molar-refractivity contribution in [3.63, 3.8) is 0 Å². The summed E-state index contributed by atoms with van der Waals surface area (Å²) in [4.78, 5) is 16.1. The molecule has 6 rings (SSSR count). The van der Waals surface area contributed by atoms with E-state index in [1.54, 1.807) is 39.8 Å². The smallest absolute Gasteiger partial charge is 0.268 e. The molecule has 0 amide bonds. The van der Waals surface area contributed by atoms with Crippen molar-refractivity contribution in [1.82, 2.24) is 19.2 Å². The zero-order chi connectivity index (χ0) is 22.5. The maximum absolute atomic E-state index is 13.8. The molecule has 0 unspecified atom stereocenters.